The molecule has 3 rings (SSSR count). The average molecular weight is 791 g/mol. The zero-order valence-electron chi connectivity index (χ0n) is 35.8. The number of allylic oxidation sites excluding steroid dienone is 4. The molecule has 5 N–H and O–H groups in total. The number of carbonyl (C=O) groups is 3. The van der Waals surface area contributed by atoms with Gasteiger partial charge in [-0.25, -0.2) is 4.79 Å². The third-order valence-corrected chi connectivity index (χ3v) is 13.4. The van der Waals surface area contributed by atoms with Gasteiger partial charge in [0.1, 0.15) is 17.5 Å². The smallest absolute Gasteiger partial charge is 0.330 e. The topological polar surface area (TPSA) is 180 Å². The minimum Gasteiger partial charge on any atom is -0.458 e. The summed E-state index contributed by atoms with van der Waals surface area (Å²) in [6.45, 7) is 19.1. The largest absolute Gasteiger partial charge is 0.458 e. The van der Waals surface area contributed by atoms with Gasteiger partial charge in [0.25, 0.3) is 0 Å². The number of ether oxygens (including phenoxy) is 3. The Morgan fingerprint density at radius 3 is 2.11 bits per heavy atom. The maximum Gasteiger partial charge on any atom is 0.330 e. The van der Waals surface area contributed by atoms with Gasteiger partial charge in [0.2, 0.25) is 0 Å². The number of ketones is 2. The summed E-state index contributed by atoms with van der Waals surface area (Å²) in [6, 6.07) is 0. The molecule has 0 aromatic heterocycles. The van der Waals surface area contributed by atoms with Crippen molar-refractivity contribution in [2.45, 2.75) is 175 Å². The lowest BCUT2D eigenvalue weighted by Crippen LogP contribution is -2.62. The molecule has 3 aliphatic heterocycles. The fraction of sp³-hybridized carbons (Fsp3) is 0.800. The van der Waals surface area contributed by atoms with E-state index in [1.54, 1.807) is 20.8 Å². The summed E-state index contributed by atoms with van der Waals surface area (Å²) in [4.78, 5) is 40.5. The Bertz CT molecular complexity index is 1390. The van der Waals surface area contributed by atoms with Gasteiger partial charge in [-0.15, -0.1) is 0 Å². The van der Waals surface area contributed by atoms with Crippen LogP contribution in [0.5, 0.6) is 0 Å². The molecule has 56 heavy (non-hydrogen) atoms. The van der Waals surface area contributed by atoms with Crippen molar-refractivity contribution in [2.24, 2.45) is 53.3 Å². The fourth-order valence-electron chi connectivity index (χ4n) is 9.01. The summed E-state index contributed by atoms with van der Waals surface area (Å²) in [5, 5.41) is 55.0. The zero-order valence-corrected chi connectivity index (χ0v) is 35.8. The van der Waals surface area contributed by atoms with Crippen LogP contribution < -0.4 is 0 Å². The molecule has 0 amide bonds. The van der Waals surface area contributed by atoms with Crippen molar-refractivity contribution < 1.29 is 54.1 Å². The van der Waals surface area contributed by atoms with Crippen molar-refractivity contribution in [3.8, 4) is 0 Å². The molecule has 11 nitrogen and oxygen atoms in total. The Morgan fingerprint density at radius 2 is 1.48 bits per heavy atom. The summed E-state index contributed by atoms with van der Waals surface area (Å²) >= 11 is 0. The van der Waals surface area contributed by atoms with E-state index in [1.165, 1.54) is 39.8 Å². The Morgan fingerprint density at radius 1 is 0.839 bits per heavy atom. The lowest BCUT2D eigenvalue weighted by atomic mass is 9.74. The number of hydrogen-bond acceptors (Lipinski definition) is 11. The lowest BCUT2D eigenvalue weighted by molar-refractivity contribution is -0.371. The number of esters is 1. The molecule has 0 radical (unpaired) electrons. The molecular weight excluding hydrogens is 716 g/mol. The Kier molecular flexibility index (Phi) is 17.7. The third kappa shape index (κ3) is 11.5. The van der Waals surface area contributed by atoms with Gasteiger partial charge in [0, 0.05) is 48.0 Å². The van der Waals surface area contributed by atoms with E-state index in [1.807, 2.05) is 32.1 Å². The van der Waals surface area contributed by atoms with Gasteiger partial charge in [-0.1, -0.05) is 92.7 Å². The first-order valence-electron chi connectivity index (χ1n) is 21.2. The van der Waals surface area contributed by atoms with E-state index < -0.39 is 89.0 Å². The number of hydrogen-bond donors (Lipinski definition) is 5. The first-order valence-corrected chi connectivity index (χ1v) is 21.2. The summed E-state index contributed by atoms with van der Waals surface area (Å²) < 4.78 is 20.0. The van der Waals surface area contributed by atoms with Crippen LogP contribution in [0.3, 0.4) is 0 Å². The van der Waals surface area contributed by atoms with Gasteiger partial charge in [0.05, 0.1) is 36.6 Å². The number of Topliss-reactive ketones (excluding diaryl/α,β-unsaturated/α-hetero) is 2. The van der Waals surface area contributed by atoms with Crippen molar-refractivity contribution in [3.63, 3.8) is 0 Å². The molecule has 18 atom stereocenters. The van der Waals surface area contributed by atoms with Crippen LogP contribution in [-0.4, -0.2) is 97.2 Å². The minimum atomic E-state index is -2.18. The van der Waals surface area contributed by atoms with E-state index in [9.17, 15) is 39.9 Å². The van der Waals surface area contributed by atoms with Crippen LogP contribution in [0.2, 0.25) is 0 Å². The van der Waals surface area contributed by atoms with Gasteiger partial charge in [0.15, 0.2) is 11.6 Å². The molecule has 3 aliphatic rings. The SMILES string of the molecule is CC[C@@H]1/C=C/C=C/C[C@H](C)[C@@H](O)[C@](C)(O)C(=O)[C@H](C)[C@@H](O)[C@H](C)C(=O)[C@H](C)[C@@H](O)[C@H](C)/C=C/C(=O)O[C@H]2[C@H](C)[C@@H](CC1)O[C@@]1(CC[C@@H](C)[C@@H](C[C@@H](C)O)O1)[C@@H]2C. The normalized spacial score (nSPS) is 46.8. The molecule has 11 heteroatoms. The number of aliphatic hydroxyl groups excluding tert-OH is 4. The van der Waals surface area contributed by atoms with Gasteiger partial charge in [-0.3, -0.25) is 9.59 Å². The molecule has 0 saturated carbocycles. The van der Waals surface area contributed by atoms with E-state index in [4.69, 9.17) is 14.2 Å². The minimum absolute atomic E-state index is 0.168. The zero-order chi connectivity index (χ0) is 42.3. The van der Waals surface area contributed by atoms with Crippen molar-refractivity contribution in [1.82, 2.24) is 0 Å². The molecule has 0 aliphatic carbocycles. The Hall–Kier alpha value is -2.25. The quantitative estimate of drug-likeness (QED) is 0.216. The van der Waals surface area contributed by atoms with Crippen LogP contribution in [0.25, 0.3) is 0 Å². The van der Waals surface area contributed by atoms with E-state index in [-0.39, 0.29) is 35.9 Å². The number of carbonyl (C=O) groups excluding carboxylic acids is 3. The van der Waals surface area contributed by atoms with E-state index >= 15 is 0 Å². The maximum atomic E-state index is 13.5. The van der Waals surface area contributed by atoms with Crippen molar-refractivity contribution >= 4 is 17.5 Å². The fourth-order valence-corrected chi connectivity index (χ4v) is 9.01. The van der Waals surface area contributed by atoms with Gasteiger partial charge in [-0.2, -0.15) is 0 Å². The highest BCUT2D eigenvalue weighted by molar-refractivity contribution is 5.91. The summed E-state index contributed by atoms with van der Waals surface area (Å²) in [5.74, 6) is -7.28. The Balaban J connectivity index is 1.99. The standard InChI is InChI=1S/C45H74O11/c1-12-34-17-15-13-14-16-27(4)42(51)44(11,53)43(52)32(9)40(50)31(8)39(49)30(7)38(48)26(3)18-21-37(47)54-41-29(6)35(20-19-34)55-45(33(41)10)23-22-25(2)36(56-45)24-28(5)46/h13-15,17-18,21,25-36,38,40-42,46,48,50-51,53H,12,16,19-20,22-24H2,1-11H3/b14-13+,17-15+,21-18+/t25-,26-,27+,28-,29-,30-,31-,32-,33-,34-,35-,36-,38+,40+,41+,42-,44+,45-/m1/s1. The van der Waals surface area contributed by atoms with E-state index in [0.29, 0.717) is 25.7 Å². The molecule has 0 aromatic carbocycles. The van der Waals surface area contributed by atoms with Gasteiger partial charge in [-0.05, 0) is 70.1 Å². The first-order chi connectivity index (χ1) is 26.1. The molecule has 2 fully saturated rings. The van der Waals surface area contributed by atoms with Crippen molar-refractivity contribution in [1.29, 1.82) is 0 Å². The molecular formula is C45H74O11. The predicted molar refractivity (Wildman–Crippen MR) is 215 cm³/mol. The van der Waals surface area contributed by atoms with Crippen molar-refractivity contribution in [2.75, 3.05) is 0 Å². The van der Waals surface area contributed by atoms with Crippen LogP contribution in [-0.2, 0) is 28.6 Å². The highest BCUT2D eigenvalue weighted by atomic mass is 16.7. The maximum absolute atomic E-state index is 13.5. The Labute approximate surface area is 336 Å². The molecule has 320 valence electrons. The number of aliphatic hydroxyl groups is 5. The molecule has 2 bridgehead atoms. The molecule has 0 aromatic rings. The first kappa shape index (κ1) is 48.1. The molecule has 3 heterocycles. The second-order valence-electron chi connectivity index (χ2n) is 18.0. The van der Waals surface area contributed by atoms with Crippen LogP contribution in [0, 0.1) is 53.3 Å². The second kappa shape index (κ2) is 20.6. The number of fused-ring (bicyclic) bond motifs is 2. The highest BCUT2D eigenvalue weighted by Crippen LogP contribution is 2.49. The van der Waals surface area contributed by atoms with Crippen LogP contribution in [0.4, 0.5) is 0 Å². The summed E-state index contributed by atoms with van der Waals surface area (Å²) in [5.41, 5.74) is -2.18. The molecule has 1 spiro atoms. The average Bonchev–Trinajstić information content (AvgIpc) is 3.16. The van der Waals surface area contributed by atoms with Gasteiger partial charge < -0.3 is 39.7 Å². The third-order valence-electron chi connectivity index (χ3n) is 13.4. The summed E-state index contributed by atoms with van der Waals surface area (Å²) in [6.07, 6.45) is 9.62. The molecule has 2 saturated heterocycles. The van der Waals surface area contributed by atoms with Crippen LogP contribution in [0.1, 0.15) is 121 Å². The number of rotatable bonds is 3. The van der Waals surface area contributed by atoms with E-state index in [2.05, 4.69) is 19.9 Å². The van der Waals surface area contributed by atoms with E-state index in [0.717, 1.165) is 19.3 Å². The summed E-state index contributed by atoms with van der Waals surface area (Å²) in [7, 11) is 0. The lowest BCUT2D eigenvalue weighted by Gasteiger charge is -2.55. The monoisotopic (exact) mass is 791 g/mol. The van der Waals surface area contributed by atoms with Gasteiger partial charge >= 0.3 is 5.97 Å². The van der Waals surface area contributed by atoms with Crippen molar-refractivity contribution in [3.05, 3.63) is 36.5 Å². The molecule has 0 unspecified atom stereocenters. The predicted octanol–water partition coefficient (Wildman–Crippen LogP) is 5.88. The second-order valence-corrected chi connectivity index (χ2v) is 18.0. The van der Waals surface area contributed by atoms with Crippen LogP contribution >= 0.6 is 0 Å². The van der Waals surface area contributed by atoms with Crippen LogP contribution in [0.15, 0.2) is 36.5 Å². The highest BCUT2D eigenvalue weighted by Gasteiger charge is 2.56.